The van der Waals surface area contributed by atoms with E-state index in [1.165, 1.54) is 19.2 Å². The molecule has 0 atom stereocenters. The second-order valence-corrected chi connectivity index (χ2v) is 10.4. The first-order chi connectivity index (χ1) is 21.0. The van der Waals surface area contributed by atoms with Crippen molar-refractivity contribution < 1.29 is 38.7 Å². The predicted octanol–water partition coefficient (Wildman–Crippen LogP) is 3.27. The molecule has 2 fully saturated rings. The van der Waals surface area contributed by atoms with Crippen LogP contribution in [0.25, 0.3) is 0 Å². The summed E-state index contributed by atoms with van der Waals surface area (Å²) in [4.78, 5) is 15.8. The number of nitrogens with zero attached hydrogens (tertiary/aromatic N) is 6. The van der Waals surface area contributed by atoms with Crippen LogP contribution in [0.2, 0.25) is 0 Å². The van der Waals surface area contributed by atoms with Crippen LogP contribution in [0.1, 0.15) is 43.0 Å². The first-order valence-corrected chi connectivity index (χ1v) is 13.5. The molecule has 0 saturated carbocycles. The van der Waals surface area contributed by atoms with Crippen LogP contribution in [0.15, 0.2) is 12.1 Å². The van der Waals surface area contributed by atoms with E-state index >= 15 is 0 Å². The minimum atomic E-state index is -0.954. The van der Waals surface area contributed by atoms with Gasteiger partial charge >= 0.3 is 6.16 Å². The lowest BCUT2D eigenvalue weighted by Crippen LogP contribution is -2.37. The van der Waals surface area contributed by atoms with Crippen LogP contribution in [-0.4, -0.2) is 81.7 Å². The van der Waals surface area contributed by atoms with Crippen molar-refractivity contribution in [3.8, 4) is 47.3 Å². The number of hydrogen-bond donors (Lipinski definition) is 2. The molecule has 0 amide bonds. The monoisotopic (exact) mass is 604 g/mol. The van der Waals surface area contributed by atoms with Gasteiger partial charge < -0.3 is 43.7 Å². The summed E-state index contributed by atoms with van der Waals surface area (Å²) >= 11 is 0. The van der Waals surface area contributed by atoms with Crippen molar-refractivity contribution in [3.05, 3.63) is 34.4 Å². The van der Waals surface area contributed by atoms with Gasteiger partial charge in [0.05, 0.1) is 56.0 Å². The van der Waals surface area contributed by atoms with Gasteiger partial charge in [0.1, 0.15) is 41.0 Å². The highest BCUT2D eigenvalue weighted by atomic mass is 16.7. The number of aromatic hydroxyl groups is 2. The molecule has 44 heavy (non-hydrogen) atoms. The zero-order chi connectivity index (χ0) is 32.4. The number of morpholine rings is 2. The molecular weight excluding hydrogens is 572 g/mol. The largest absolute Gasteiger partial charge is 0.514 e. The molecule has 0 aliphatic carbocycles. The number of nitriles is 4. The zero-order valence-corrected chi connectivity index (χ0v) is 24.8. The quantitative estimate of drug-likeness (QED) is 0.292. The fraction of sp³-hybridized carbons (Fsp3) is 0.433. The van der Waals surface area contributed by atoms with Gasteiger partial charge in [0.2, 0.25) is 0 Å². The maximum absolute atomic E-state index is 12.1. The van der Waals surface area contributed by atoms with Crippen molar-refractivity contribution in [2.45, 2.75) is 26.4 Å². The van der Waals surface area contributed by atoms with Crippen LogP contribution >= 0.6 is 0 Å². The lowest BCUT2D eigenvalue weighted by atomic mass is 10.0. The van der Waals surface area contributed by atoms with E-state index in [9.17, 15) is 25.5 Å². The molecule has 2 N–H and O–H groups in total. The second-order valence-electron chi connectivity index (χ2n) is 10.4. The van der Waals surface area contributed by atoms with Crippen LogP contribution < -0.4 is 19.3 Å². The summed E-state index contributed by atoms with van der Waals surface area (Å²) in [7, 11) is 1.37. The third-order valence-electron chi connectivity index (χ3n) is 6.38. The Kier molecular flexibility index (Phi) is 11.0. The van der Waals surface area contributed by atoms with E-state index in [-0.39, 0.29) is 33.8 Å². The summed E-state index contributed by atoms with van der Waals surface area (Å²) < 4.78 is 26.2. The minimum Gasteiger partial charge on any atom is -0.504 e. The molecule has 2 aromatic carbocycles. The van der Waals surface area contributed by atoms with E-state index < -0.39 is 23.3 Å². The molecule has 14 heteroatoms. The number of phenols is 2. The molecule has 2 aliphatic rings. The Morgan fingerprint density at radius 3 is 1.73 bits per heavy atom. The summed E-state index contributed by atoms with van der Waals surface area (Å²) in [5.41, 5.74) is 0.412. The van der Waals surface area contributed by atoms with Crippen LogP contribution in [0.4, 0.5) is 16.2 Å². The Morgan fingerprint density at radius 2 is 1.30 bits per heavy atom. The van der Waals surface area contributed by atoms with Crippen LogP contribution in [-0.2, 0) is 14.2 Å². The molecule has 0 radical (unpaired) electrons. The molecule has 2 saturated heterocycles. The number of methoxy groups -OCH3 is 1. The fourth-order valence-electron chi connectivity index (χ4n) is 4.50. The van der Waals surface area contributed by atoms with Crippen molar-refractivity contribution >= 4 is 17.5 Å². The van der Waals surface area contributed by atoms with E-state index in [2.05, 4.69) is 6.07 Å². The van der Waals surface area contributed by atoms with E-state index in [4.69, 9.17) is 34.2 Å². The Morgan fingerprint density at radius 1 is 0.818 bits per heavy atom. The van der Waals surface area contributed by atoms with Gasteiger partial charge in [-0.15, -0.1) is 0 Å². The van der Waals surface area contributed by atoms with Crippen molar-refractivity contribution in [3.63, 3.8) is 0 Å². The number of hydrogen-bond acceptors (Lipinski definition) is 14. The molecule has 230 valence electrons. The lowest BCUT2D eigenvalue weighted by molar-refractivity contribution is 0.0200. The van der Waals surface area contributed by atoms with Crippen molar-refractivity contribution in [2.24, 2.45) is 0 Å². The number of carbonyl (C=O) groups is 1. The molecule has 2 aromatic rings. The highest BCUT2D eigenvalue weighted by Gasteiger charge is 2.29. The van der Waals surface area contributed by atoms with Crippen molar-refractivity contribution in [1.29, 1.82) is 21.0 Å². The zero-order valence-electron chi connectivity index (χ0n) is 24.8. The van der Waals surface area contributed by atoms with Gasteiger partial charge in [0, 0.05) is 38.3 Å². The number of anilines is 2. The summed E-state index contributed by atoms with van der Waals surface area (Å²) in [6.45, 7) is 9.16. The van der Waals surface area contributed by atoms with Crippen LogP contribution in [0.3, 0.4) is 0 Å². The molecule has 0 spiro atoms. The molecular formula is C30H32N6O8. The SMILES string of the molecule is COc1cc(C#N)c(N2CCOCC2)c(C#N)c1OC(=O)OC(C)(C)C.N#Cc1cc(O)c(O)c(C#N)c1N1CCOCC1. The summed E-state index contributed by atoms with van der Waals surface area (Å²) in [5, 5.41) is 56.5. The molecule has 0 aromatic heterocycles. The fourth-order valence-corrected chi connectivity index (χ4v) is 4.50. The first kappa shape index (κ1) is 33.1. The smallest absolute Gasteiger partial charge is 0.504 e. The van der Waals surface area contributed by atoms with E-state index in [0.717, 1.165) is 0 Å². The average Bonchev–Trinajstić information content (AvgIpc) is 3.01. The summed E-state index contributed by atoms with van der Waals surface area (Å²) in [5.74, 6) is -0.899. The number of benzene rings is 2. The summed E-state index contributed by atoms with van der Waals surface area (Å²) in [6.07, 6.45) is -0.954. The van der Waals surface area contributed by atoms with E-state index in [1.54, 1.807) is 25.7 Å². The third kappa shape index (κ3) is 7.70. The molecule has 2 aliphatic heterocycles. The van der Waals surface area contributed by atoms with Gasteiger partial charge in [-0.3, -0.25) is 0 Å². The topological polar surface area (TPSA) is 205 Å². The summed E-state index contributed by atoms with van der Waals surface area (Å²) in [6, 6.07) is 10.5. The number of rotatable bonds is 4. The number of phenolic OH excluding ortho intramolecular Hbond substituents is 2. The van der Waals surface area contributed by atoms with Gasteiger partial charge in [-0.05, 0) is 20.8 Å². The van der Waals surface area contributed by atoms with Gasteiger partial charge in [0.15, 0.2) is 23.0 Å². The lowest BCUT2D eigenvalue weighted by Gasteiger charge is -2.31. The molecule has 14 nitrogen and oxygen atoms in total. The minimum absolute atomic E-state index is 0.0497. The van der Waals surface area contributed by atoms with E-state index in [0.29, 0.717) is 64.0 Å². The van der Waals surface area contributed by atoms with Gasteiger partial charge in [0.25, 0.3) is 0 Å². The third-order valence-corrected chi connectivity index (χ3v) is 6.38. The highest BCUT2D eigenvalue weighted by Crippen LogP contribution is 2.41. The average molecular weight is 605 g/mol. The first-order valence-electron chi connectivity index (χ1n) is 13.5. The van der Waals surface area contributed by atoms with Crippen LogP contribution in [0, 0.1) is 45.3 Å². The number of carbonyl (C=O) groups excluding carboxylic acids is 1. The van der Waals surface area contributed by atoms with Crippen molar-refractivity contribution in [1.82, 2.24) is 0 Å². The standard InChI is InChI=1S/C18H21N3O5.C12H11N3O3/c1-18(2,3)26-17(22)25-16-13(11-20)15(21-5-7-24-8-6-21)12(10-19)9-14(16)23-4;13-6-8-5-10(16)12(17)9(7-14)11(8)15-1-3-18-4-2-15/h9H,5-8H2,1-4H3;5,16-17H,1-4H2. The predicted molar refractivity (Wildman–Crippen MR) is 155 cm³/mol. The maximum atomic E-state index is 12.1. The van der Waals surface area contributed by atoms with E-state index in [1.807, 2.05) is 23.1 Å². The van der Waals surface area contributed by atoms with Gasteiger partial charge in [-0.25, -0.2) is 4.79 Å². The normalized spacial score (nSPS) is 14.5. The maximum Gasteiger partial charge on any atom is 0.514 e. The Hall–Kier alpha value is -5.41. The second kappa shape index (κ2) is 14.7. The Bertz CT molecular complexity index is 1550. The Balaban J connectivity index is 0.000000257. The molecule has 2 heterocycles. The number of ether oxygens (including phenoxy) is 5. The molecule has 4 rings (SSSR count). The Labute approximate surface area is 254 Å². The molecule has 0 unspecified atom stereocenters. The van der Waals surface area contributed by atoms with Crippen molar-refractivity contribution in [2.75, 3.05) is 69.5 Å². The van der Waals surface area contributed by atoms with Gasteiger partial charge in [-0.2, -0.15) is 21.0 Å². The molecule has 0 bridgehead atoms. The highest BCUT2D eigenvalue weighted by molar-refractivity contribution is 5.79. The van der Waals surface area contributed by atoms with Crippen LogP contribution in [0.5, 0.6) is 23.0 Å². The van der Waals surface area contributed by atoms with Gasteiger partial charge in [-0.1, -0.05) is 0 Å².